The van der Waals surface area contributed by atoms with E-state index in [0.717, 1.165) is 44.3 Å². The Hall–Kier alpha value is -2.37. The Morgan fingerprint density at radius 1 is 0.963 bits per heavy atom. The van der Waals surface area contributed by atoms with Crippen LogP contribution in [0.1, 0.15) is 48.0 Å². The summed E-state index contributed by atoms with van der Waals surface area (Å²) in [6.07, 6.45) is 5.21. The molecule has 3 aliphatic heterocycles. The van der Waals surface area contributed by atoms with Gasteiger partial charge in [0.1, 0.15) is 12.4 Å². The van der Waals surface area contributed by atoms with E-state index in [2.05, 4.69) is 0 Å². The van der Waals surface area contributed by atoms with Crippen molar-refractivity contribution in [3.8, 4) is 5.75 Å². The van der Waals surface area contributed by atoms with Crippen molar-refractivity contribution in [3.63, 3.8) is 0 Å². The van der Waals surface area contributed by atoms with Crippen molar-refractivity contribution in [3.05, 3.63) is 29.3 Å². The van der Waals surface area contributed by atoms with Crippen LogP contribution in [0.25, 0.3) is 0 Å². The van der Waals surface area contributed by atoms with Crippen LogP contribution in [0, 0.1) is 5.92 Å². The van der Waals surface area contributed by atoms with Gasteiger partial charge < -0.3 is 14.5 Å². The number of nitrogens with zero attached hydrogens (tertiary/aromatic N) is 2. The number of fused-ring (bicyclic) bond motifs is 1. The highest BCUT2D eigenvalue weighted by molar-refractivity contribution is 5.95. The molecule has 0 saturated carbocycles. The van der Waals surface area contributed by atoms with Crippen LogP contribution in [0.3, 0.4) is 0 Å². The smallest absolute Gasteiger partial charge is 0.253 e. The summed E-state index contributed by atoms with van der Waals surface area (Å²) in [6.45, 7) is 3.09. The molecule has 0 N–H and O–H groups in total. The van der Waals surface area contributed by atoms with Crippen molar-refractivity contribution >= 4 is 17.6 Å². The lowest BCUT2D eigenvalue weighted by Crippen LogP contribution is -2.45. The second-order valence-electron chi connectivity index (χ2n) is 7.78. The number of likely N-dealkylation sites (tertiary alicyclic amines) is 2. The quantitative estimate of drug-likeness (QED) is 0.799. The first kappa shape index (κ1) is 18.0. The van der Waals surface area contributed by atoms with Crippen molar-refractivity contribution in [2.45, 2.75) is 38.5 Å². The zero-order chi connectivity index (χ0) is 18.8. The van der Waals surface area contributed by atoms with Gasteiger partial charge in [0.15, 0.2) is 5.78 Å². The molecule has 3 heterocycles. The summed E-state index contributed by atoms with van der Waals surface area (Å²) >= 11 is 0. The highest BCUT2D eigenvalue weighted by atomic mass is 16.5. The molecule has 0 aliphatic carbocycles. The fraction of sp³-hybridized carbons (Fsp3) is 0.571. The third-order valence-electron chi connectivity index (χ3n) is 5.88. The third-order valence-corrected chi connectivity index (χ3v) is 5.88. The van der Waals surface area contributed by atoms with Crippen LogP contribution < -0.4 is 4.74 Å². The first-order chi connectivity index (χ1) is 13.1. The maximum atomic E-state index is 12.9. The number of Topliss-reactive ketones (excluding diaryl/α,β-unsaturated/α-hetero) is 1. The summed E-state index contributed by atoms with van der Waals surface area (Å²) in [5, 5.41) is 0. The molecule has 0 radical (unpaired) electrons. The number of carbonyl (C=O) groups excluding carboxylic acids is 3. The van der Waals surface area contributed by atoms with Crippen LogP contribution in [0.2, 0.25) is 0 Å². The number of piperidine rings is 2. The molecule has 4 rings (SSSR count). The van der Waals surface area contributed by atoms with E-state index in [4.69, 9.17) is 4.74 Å². The summed E-state index contributed by atoms with van der Waals surface area (Å²) in [5.74, 6) is 1.01. The first-order valence-corrected chi connectivity index (χ1v) is 9.97. The van der Waals surface area contributed by atoms with Crippen molar-refractivity contribution in [2.24, 2.45) is 5.92 Å². The molecule has 0 aromatic heterocycles. The van der Waals surface area contributed by atoms with Gasteiger partial charge in [-0.1, -0.05) is 0 Å². The van der Waals surface area contributed by atoms with E-state index in [1.807, 2.05) is 9.80 Å². The van der Waals surface area contributed by atoms with Crippen molar-refractivity contribution < 1.29 is 19.1 Å². The predicted molar refractivity (Wildman–Crippen MR) is 99.7 cm³/mol. The molecule has 0 spiro atoms. The van der Waals surface area contributed by atoms with Crippen LogP contribution in [0.15, 0.2) is 18.2 Å². The number of carbonyl (C=O) groups is 3. The SMILES string of the molecule is O=C1COc2ccc(C(=O)N3CCC(C(=O)N4CCCCC4)CC3)cc2C1. The molecule has 0 unspecified atom stereocenters. The molecular weight excluding hydrogens is 344 g/mol. The molecule has 144 valence electrons. The molecule has 2 amide bonds. The molecule has 0 bridgehead atoms. The van der Waals surface area contributed by atoms with Crippen molar-refractivity contribution in [1.29, 1.82) is 0 Å². The van der Waals surface area contributed by atoms with Gasteiger partial charge in [0.05, 0.1) is 0 Å². The number of hydrogen-bond acceptors (Lipinski definition) is 4. The van der Waals surface area contributed by atoms with E-state index >= 15 is 0 Å². The highest BCUT2D eigenvalue weighted by Gasteiger charge is 2.31. The van der Waals surface area contributed by atoms with Gasteiger partial charge in [-0.2, -0.15) is 0 Å². The second kappa shape index (κ2) is 7.71. The number of ketones is 1. The maximum absolute atomic E-state index is 12.9. The van der Waals surface area contributed by atoms with Gasteiger partial charge in [0.2, 0.25) is 5.91 Å². The summed E-state index contributed by atoms with van der Waals surface area (Å²) in [7, 11) is 0. The lowest BCUT2D eigenvalue weighted by molar-refractivity contribution is -0.137. The maximum Gasteiger partial charge on any atom is 0.253 e. The Balaban J connectivity index is 1.36. The topological polar surface area (TPSA) is 66.9 Å². The molecule has 2 saturated heterocycles. The second-order valence-corrected chi connectivity index (χ2v) is 7.78. The summed E-state index contributed by atoms with van der Waals surface area (Å²) in [6, 6.07) is 5.32. The average molecular weight is 370 g/mol. The average Bonchev–Trinajstić information content (AvgIpc) is 2.73. The Bertz CT molecular complexity index is 747. The van der Waals surface area contributed by atoms with Crippen LogP contribution >= 0.6 is 0 Å². The largest absolute Gasteiger partial charge is 0.486 e. The lowest BCUT2D eigenvalue weighted by Gasteiger charge is -2.35. The first-order valence-electron chi connectivity index (χ1n) is 9.97. The number of ether oxygens (including phenoxy) is 1. The molecule has 27 heavy (non-hydrogen) atoms. The Morgan fingerprint density at radius 3 is 2.44 bits per heavy atom. The number of rotatable bonds is 2. The van der Waals surface area contributed by atoms with Crippen molar-refractivity contribution in [1.82, 2.24) is 9.80 Å². The van der Waals surface area contributed by atoms with Crippen LogP contribution in [-0.4, -0.2) is 60.2 Å². The molecule has 6 nitrogen and oxygen atoms in total. The predicted octanol–water partition coefficient (Wildman–Crippen LogP) is 2.06. The number of amides is 2. The minimum Gasteiger partial charge on any atom is -0.486 e. The van der Waals surface area contributed by atoms with E-state index in [1.165, 1.54) is 6.42 Å². The van der Waals surface area contributed by atoms with Crippen LogP contribution in [0.4, 0.5) is 0 Å². The van der Waals surface area contributed by atoms with Gasteiger partial charge >= 0.3 is 0 Å². The summed E-state index contributed by atoms with van der Waals surface area (Å²) < 4.78 is 5.40. The van der Waals surface area contributed by atoms with Crippen molar-refractivity contribution in [2.75, 3.05) is 32.8 Å². The van der Waals surface area contributed by atoms with Crippen LogP contribution in [0.5, 0.6) is 5.75 Å². The standard InChI is InChI=1S/C21H26N2O4/c24-18-13-17-12-16(4-5-19(17)27-14-18)21(26)23-10-6-15(7-11-23)20(25)22-8-2-1-3-9-22/h4-5,12,15H,1-3,6-11,13-14H2. The zero-order valence-corrected chi connectivity index (χ0v) is 15.6. The summed E-state index contributed by atoms with van der Waals surface area (Å²) in [4.78, 5) is 40.9. The molecule has 6 heteroatoms. The van der Waals surface area contributed by atoms with Gasteiger partial charge in [0.25, 0.3) is 5.91 Å². The van der Waals surface area contributed by atoms with E-state index in [-0.39, 0.29) is 30.1 Å². The normalized spacial score (nSPS) is 20.8. The molecule has 3 aliphatic rings. The zero-order valence-electron chi connectivity index (χ0n) is 15.6. The van der Waals surface area contributed by atoms with E-state index < -0.39 is 0 Å². The third kappa shape index (κ3) is 3.84. The van der Waals surface area contributed by atoms with E-state index in [0.29, 0.717) is 30.8 Å². The van der Waals surface area contributed by atoms with Gasteiger partial charge in [-0.3, -0.25) is 14.4 Å². The van der Waals surface area contributed by atoms with Crippen LogP contribution in [-0.2, 0) is 16.0 Å². The summed E-state index contributed by atoms with van der Waals surface area (Å²) in [5.41, 5.74) is 1.38. The minimum absolute atomic E-state index is 0.0281. The molecule has 1 aromatic carbocycles. The van der Waals surface area contributed by atoms with Gasteiger partial charge in [-0.15, -0.1) is 0 Å². The molecule has 0 atom stereocenters. The highest BCUT2D eigenvalue weighted by Crippen LogP contribution is 2.27. The Morgan fingerprint density at radius 2 is 1.70 bits per heavy atom. The molecule has 1 aromatic rings. The molecular formula is C21H26N2O4. The number of hydrogen-bond donors (Lipinski definition) is 0. The fourth-order valence-electron chi connectivity index (χ4n) is 4.30. The van der Waals surface area contributed by atoms with E-state index in [9.17, 15) is 14.4 Å². The molecule has 2 fully saturated rings. The lowest BCUT2D eigenvalue weighted by atomic mass is 9.93. The van der Waals surface area contributed by atoms with Gasteiger partial charge in [-0.25, -0.2) is 0 Å². The van der Waals surface area contributed by atoms with Gasteiger partial charge in [0, 0.05) is 49.6 Å². The number of benzene rings is 1. The Kier molecular flexibility index (Phi) is 5.14. The van der Waals surface area contributed by atoms with Gasteiger partial charge in [-0.05, 0) is 50.3 Å². The minimum atomic E-state index is -0.0281. The van der Waals surface area contributed by atoms with E-state index in [1.54, 1.807) is 18.2 Å². The monoisotopic (exact) mass is 370 g/mol. The Labute approximate surface area is 159 Å². The fourth-order valence-corrected chi connectivity index (χ4v) is 4.30.